The first-order valence-corrected chi connectivity index (χ1v) is 5.39. The minimum Gasteiger partial charge on any atom is -0.306 e. The summed E-state index contributed by atoms with van der Waals surface area (Å²) in [7, 11) is 4.32. The second-order valence-corrected chi connectivity index (χ2v) is 4.80. The molecule has 0 fully saturated rings. The first kappa shape index (κ1) is 11.5. The molecular formula is C13H23N. The van der Waals surface area contributed by atoms with Gasteiger partial charge in [-0.1, -0.05) is 11.1 Å². The van der Waals surface area contributed by atoms with Crippen molar-refractivity contribution >= 4 is 0 Å². The van der Waals surface area contributed by atoms with Crippen LogP contribution in [0.5, 0.6) is 0 Å². The second kappa shape index (κ2) is 3.90. The highest BCUT2D eigenvalue weighted by molar-refractivity contribution is 5.47. The molecule has 1 aliphatic rings. The first-order valence-electron chi connectivity index (χ1n) is 5.39. The second-order valence-electron chi connectivity index (χ2n) is 4.80. The molecule has 1 heteroatoms. The van der Waals surface area contributed by atoms with Gasteiger partial charge in [-0.3, -0.25) is 0 Å². The molecule has 0 bridgehead atoms. The molecule has 0 saturated heterocycles. The van der Waals surface area contributed by atoms with Crippen LogP contribution >= 0.6 is 0 Å². The summed E-state index contributed by atoms with van der Waals surface area (Å²) >= 11 is 0. The first-order chi connectivity index (χ1) is 6.37. The summed E-state index contributed by atoms with van der Waals surface area (Å²) in [6.45, 7) is 11.4. The molecule has 1 nitrogen and oxygen atoms in total. The van der Waals surface area contributed by atoms with Gasteiger partial charge in [0.2, 0.25) is 0 Å². The number of nitrogens with zero attached hydrogens (tertiary/aromatic N) is 1. The van der Waals surface area contributed by atoms with Gasteiger partial charge in [0.25, 0.3) is 0 Å². The van der Waals surface area contributed by atoms with Gasteiger partial charge in [-0.05, 0) is 59.9 Å². The molecule has 0 aromatic rings. The number of hydrogen-bond acceptors (Lipinski definition) is 1. The zero-order valence-electron chi connectivity index (χ0n) is 10.6. The number of hydrogen-bond donors (Lipinski definition) is 0. The van der Waals surface area contributed by atoms with Crippen LogP contribution in [0, 0.1) is 5.92 Å². The fourth-order valence-electron chi connectivity index (χ4n) is 2.40. The van der Waals surface area contributed by atoms with Crippen molar-refractivity contribution in [2.45, 2.75) is 40.7 Å². The van der Waals surface area contributed by atoms with Crippen molar-refractivity contribution in [2.24, 2.45) is 5.92 Å². The highest BCUT2D eigenvalue weighted by Gasteiger charge is 2.29. The minimum absolute atomic E-state index is 0.599. The van der Waals surface area contributed by atoms with Crippen molar-refractivity contribution in [3.05, 3.63) is 22.3 Å². The standard InChI is InChI=1S/C13H23N/c1-8-9(2)11(4)13(10(8)3)12(5)14(6)7/h12-13H,1-7H3. The normalized spacial score (nSPS) is 21.4. The molecule has 0 aromatic carbocycles. The quantitative estimate of drug-likeness (QED) is 0.651. The van der Waals surface area contributed by atoms with Crippen LogP contribution in [-0.4, -0.2) is 25.0 Å². The third-order valence-electron chi connectivity index (χ3n) is 3.98. The molecule has 0 radical (unpaired) electrons. The largest absolute Gasteiger partial charge is 0.306 e. The summed E-state index contributed by atoms with van der Waals surface area (Å²) in [5, 5.41) is 0. The van der Waals surface area contributed by atoms with E-state index < -0.39 is 0 Å². The van der Waals surface area contributed by atoms with E-state index >= 15 is 0 Å². The molecule has 0 saturated carbocycles. The van der Waals surface area contributed by atoms with Crippen molar-refractivity contribution in [1.82, 2.24) is 4.90 Å². The van der Waals surface area contributed by atoms with Gasteiger partial charge in [0.05, 0.1) is 0 Å². The van der Waals surface area contributed by atoms with Crippen LogP contribution in [0.15, 0.2) is 22.3 Å². The maximum atomic E-state index is 2.31. The van der Waals surface area contributed by atoms with Crippen LogP contribution in [0.25, 0.3) is 0 Å². The molecule has 14 heavy (non-hydrogen) atoms. The zero-order valence-corrected chi connectivity index (χ0v) is 10.6. The number of rotatable bonds is 2. The van der Waals surface area contributed by atoms with E-state index in [0.717, 1.165) is 0 Å². The Kier molecular flexibility index (Phi) is 3.20. The average molecular weight is 193 g/mol. The van der Waals surface area contributed by atoms with E-state index in [1.54, 1.807) is 11.1 Å². The maximum absolute atomic E-state index is 2.31. The highest BCUT2D eigenvalue weighted by Crippen LogP contribution is 2.39. The molecule has 1 unspecified atom stereocenters. The van der Waals surface area contributed by atoms with E-state index in [2.05, 4.69) is 53.6 Å². The molecule has 0 aromatic heterocycles. The lowest BCUT2D eigenvalue weighted by Gasteiger charge is -2.29. The Balaban J connectivity index is 3.03. The molecule has 0 spiro atoms. The third-order valence-corrected chi connectivity index (χ3v) is 3.98. The topological polar surface area (TPSA) is 3.24 Å². The maximum Gasteiger partial charge on any atom is 0.0166 e. The Morgan fingerprint density at radius 1 is 0.929 bits per heavy atom. The third kappa shape index (κ3) is 1.66. The molecule has 80 valence electrons. The summed E-state index contributed by atoms with van der Waals surface area (Å²) in [6.07, 6.45) is 0. The van der Waals surface area contributed by atoms with Crippen LogP contribution in [0.4, 0.5) is 0 Å². The van der Waals surface area contributed by atoms with Gasteiger partial charge in [-0.25, -0.2) is 0 Å². The molecule has 0 aliphatic heterocycles. The van der Waals surface area contributed by atoms with Gasteiger partial charge in [-0.15, -0.1) is 0 Å². The minimum atomic E-state index is 0.599. The molecule has 0 amide bonds. The van der Waals surface area contributed by atoms with Crippen molar-refractivity contribution in [3.8, 4) is 0 Å². The van der Waals surface area contributed by atoms with Gasteiger partial charge in [0.15, 0.2) is 0 Å². The smallest absolute Gasteiger partial charge is 0.0166 e. The fraction of sp³-hybridized carbons (Fsp3) is 0.692. The van der Waals surface area contributed by atoms with Crippen LogP contribution in [-0.2, 0) is 0 Å². The van der Waals surface area contributed by atoms with Gasteiger partial charge in [0.1, 0.15) is 0 Å². The summed E-state index contributed by atoms with van der Waals surface area (Å²) in [5.74, 6) is 0.630. The molecule has 1 rings (SSSR count). The predicted octanol–water partition coefficient (Wildman–Crippen LogP) is 3.24. The Bertz CT molecular complexity index is 270. The summed E-state index contributed by atoms with van der Waals surface area (Å²) < 4.78 is 0. The van der Waals surface area contributed by atoms with Gasteiger partial charge in [0, 0.05) is 12.0 Å². The van der Waals surface area contributed by atoms with Crippen molar-refractivity contribution < 1.29 is 0 Å². The SMILES string of the molecule is CC1=C(C)C(C(C)N(C)C)C(C)=C1C. The summed E-state index contributed by atoms with van der Waals surface area (Å²) in [6, 6.07) is 0.599. The highest BCUT2D eigenvalue weighted by atomic mass is 15.1. The predicted molar refractivity (Wildman–Crippen MR) is 63.4 cm³/mol. The lowest BCUT2D eigenvalue weighted by atomic mass is 9.89. The van der Waals surface area contributed by atoms with E-state index in [4.69, 9.17) is 0 Å². The van der Waals surface area contributed by atoms with E-state index in [1.165, 1.54) is 11.1 Å². The van der Waals surface area contributed by atoms with E-state index in [9.17, 15) is 0 Å². The van der Waals surface area contributed by atoms with Gasteiger partial charge < -0.3 is 4.90 Å². The van der Waals surface area contributed by atoms with E-state index in [0.29, 0.717) is 12.0 Å². The van der Waals surface area contributed by atoms with Crippen molar-refractivity contribution in [3.63, 3.8) is 0 Å². The van der Waals surface area contributed by atoms with Crippen LogP contribution in [0.3, 0.4) is 0 Å². The lowest BCUT2D eigenvalue weighted by molar-refractivity contribution is 0.270. The van der Waals surface area contributed by atoms with Crippen molar-refractivity contribution in [1.29, 1.82) is 0 Å². The molecule has 1 atom stereocenters. The van der Waals surface area contributed by atoms with Crippen LogP contribution in [0.2, 0.25) is 0 Å². The molecule has 0 N–H and O–H groups in total. The average Bonchev–Trinajstić information content (AvgIpc) is 2.30. The zero-order chi connectivity index (χ0) is 11.0. The Morgan fingerprint density at radius 3 is 1.57 bits per heavy atom. The summed E-state index contributed by atoms with van der Waals surface area (Å²) in [4.78, 5) is 2.31. The molecular weight excluding hydrogens is 170 g/mol. The molecule has 1 aliphatic carbocycles. The van der Waals surface area contributed by atoms with Crippen molar-refractivity contribution in [2.75, 3.05) is 14.1 Å². The lowest BCUT2D eigenvalue weighted by Crippen LogP contribution is -2.33. The van der Waals surface area contributed by atoms with Gasteiger partial charge >= 0.3 is 0 Å². The summed E-state index contributed by atoms with van der Waals surface area (Å²) in [5.41, 5.74) is 6.12. The Labute approximate surface area is 88.5 Å². The molecule has 0 heterocycles. The van der Waals surface area contributed by atoms with Gasteiger partial charge in [-0.2, -0.15) is 0 Å². The number of allylic oxidation sites excluding steroid dienone is 2. The fourth-order valence-corrected chi connectivity index (χ4v) is 2.40. The van der Waals surface area contributed by atoms with Crippen LogP contribution in [0.1, 0.15) is 34.6 Å². The van der Waals surface area contributed by atoms with E-state index in [1.807, 2.05) is 0 Å². The Hall–Kier alpha value is -0.560. The van der Waals surface area contributed by atoms with Crippen LogP contribution < -0.4 is 0 Å². The van der Waals surface area contributed by atoms with E-state index in [-0.39, 0.29) is 0 Å². The Morgan fingerprint density at radius 2 is 1.29 bits per heavy atom. The monoisotopic (exact) mass is 193 g/mol.